The lowest BCUT2D eigenvalue weighted by atomic mass is 9.81. The van der Waals surface area contributed by atoms with Crippen molar-refractivity contribution in [2.45, 2.75) is 52.9 Å². The van der Waals surface area contributed by atoms with E-state index in [1.807, 2.05) is 13.8 Å². The molecular weight excluding hydrogens is 284 g/mol. The smallest absolute Gasteiger partial charge is 0.358 e. The van der Waals surface area contributed by atoms with Crippen LogP contribution in [0.25, 0.3) is 0 Å². The molecule has 1 aliphatic rings. The predicted octanol–water partition coefficient (Wildman–Crippen LogP) is 4.26. The Balaban J connectivity index is 1.78. The average molecular weight is 310 g/mol. The lowest BCUT2D eigenvalue weighted by Crippen LogP contribution is -2.15. The summed E-state index contributed by atoms with van der Waals surface area (Å²) in [5.41, 5.74) is 0.454. The number of nitrogens with zero attached hydrogens (tertiary/aromatic N) is 1. The van der Waals surface area contributed by atoms with Crippen LogP contribution in [0.2, 0.25) is 0 Å². The number of hydrogen-bond acceptors (Lipinski definition) is 5. The maximum atomic E-state index is 11.7. The number of aromatic nitrogens is 1. The Morgan fingerprint density at radius 3 is 2.76 bits per heavy atom. The van der Waals surface area contributed by atoms with Crippen molar-refractivity contribution in [2.24, 2.45) is 11.8 Å². The third-order valence-corrected chi connectivity index (χ3v) is 5.16. The lowest BCUT2D eigenvalue weighted by Gasteiger charge is -2.26. The largest absolute Gasteiger partial charge is 0.461 e. The Morgan fingerprint density at radius 1 is 1.38 bits per heavy atom. The van der Waals surface area contributed by atoms with Crippen LogP contribution in [0.3, 0.4) is 0 Å². The summed E-state index contributed by atoms with van der Waals surface area (Å²) in [5, 5.41) is 4.19. The molecule has 0 spiro atoms. The molecule has 1 heterocycles. The zero-order valence-corrected chi connectivity index (χ0v) is 14.1. The molecule has 21 heavy (non-hydrogen) atoms. The van der Waals surface area contributed by atoms with Crippen molar-refractivity contribution in [3.05, 3.63) is 10.6 Å². The van der Waals surface area contributed by atoms with E-state index in [9.17, 15) is 4.79 Å². The minimum atomic E-state index is -0.319. The number of rotatable bonds is 6. The molecule has 1 fully saturated rings. The van der Waals surface area contributed by atoms with E-state index in [0.29, 0.717) is 12.3 Å². The van der Waals surface area contributed by atoms with Crippen molar-refractivity contribution in [1.82, 2.24) is 4.98 Å². The number of carbonyl (C=O) groups is 1. The number of esters is 1. The Morgan fingerprint density at radius 2 is 2.10 bits per heavy atom. The van der Waals surface area contributed by atoms with Gasteiger partial charge in [-0.05, 0) is 32.1 Å². The molecule has 1 N–H and O–H groups in total. The van der Waals surface area contributed by atoms with Gasteiger partial charge in [0.25, 0.3) is 0 Å². The van der Waals surface area contributed by atoms with Crippen LogP contribution in [0.1, 0.15) is 61.3 Å². The van der Waals surface area contributed by atoms with Crippen molar-refractivity contribution in [2.75, 3.05) is 18.5 Å². The Bertz CT molecular complexity index is 465. The van der Waals surface area contributed by atoms with Gasteiger partial charge in [0.05, 0.1) is 6.61 Å². The molecule has 118 valence electrons. The second-order valence-corrected chi connectivity index (χ2v) is 7.19. The first kappa shape index (κ1) is 16.3. The van der Waals surface area contributed by atoms with Gasteiger partial charge in [0.1, 0.15) is 0 Å². The van der Waals surface area contributed by atoms with Crippen LogP contribution in [-0.4, -0.2) is 24.1 Å². The molecule has 0 aliphatic heterocycles. The molecule has 0 unspecified atom stereocenters. The number of thiazole rings is 1. The summed E-state index contributed by atoms with van der Waals surface area (Å²) >= 11 is 1.53. The SMILES string of the molecule is CCOC(=O)c1nc(NCCC2CCC(C)CC2)sc1C. The number of carbonyl (C=O) groups excluding carboxylic acids is 1. The van der Waals surface area contributed by atoms with Gasteiger partial charge in [-0.1, -0.05) is 32.6 Å². The van der Waals surface area contributed by atoms with E-state index in [0.717, 1.165) is 28.4 Å². The number of ether oxygens (including phenoxy) is 1. The van der Waals surface area contributed by atoms with Crippen LogP contribution in [0.4, 0.5) is 5.13 Å². The minimum absolute atomic E-state index is 0.319. The molecule has 1 aliphatic carbocycles. The summed E-state index contributed by atoms with van der Waals surface area (Å²) in [6, 6.07) is 0. The summed E-state index contributed by atoms with van der Waals surface area (Å²) in [5.74, 6) is 1.43. The number of nitrogens with one attached hydrogen (secondary N) is 1. The molecular formula is C16H26N2O2S. The quantitative estimate of drug-likeness (QED) is 0.798. The first-order chi connectivity index (χ1) is 10.1. The van der Waals surface area contributed by atoms with Crippen LogP contribution in [0, 0.1) is 18.8 Å². The first-order valence-corrected chi connectivity index (χ1v) is 8.80. The van der Waals surface area contributed by atoms with E-state index in [1.165, 1.54) is 43.4 Å². The van der Waals surface area contributed by atoms with Gasteiger partial charge in [0, 0.05) is 11.4 Å². The highest BCUT2D eigenvalue weighted by molar-refractivity contribution is 7.15. The molecule has 2 rings (SSSR count). The van der Waals surface area contributed by atoms with Gasteiger partial charge in [0.15, 0.2) is 10.8 Å². The van der Waals surface area contributed by atoms with Crippen LogP contribution in [-0.2, 0) is 4.74 Å². The van der Waals surface area contributed by atoms with Gasteiger partial charge in [0.2, 0.25) is 0 Å². The van der Waals surface area contributed by atoms with Gasteiger partial charge in [-0.25, -0.2) is 9.78 Å². The zero-order valence-electron chi connectivity index (χ0n) is 13.3. The normalized spacial score (nSPS) is 22.0. The number of aryl methyl sites for hydroxylation is 1. The van der Waals surface area contributed by atoms with E-state index in [4.69, 9.17) is 4.74 Å². The van der Waals surface area contributed by atoms with Gasteiger partial charge < -0.3 is 10.1 Å². The van der Waals surface area contributed by atoms with Gasteiger partial charge in [-0.3, -0.25) is 0 Å². The van der Waals surface area contributed by atoms with Crippen molar-refractivity contribution in [1.29, 1.82) is 0 Å². The van der Waals surface area contributed by atoms with E-state index in [-0.39, 0.29) is 5.97 Å². The molecule has 0 aromatic carbocycles. The van der Waals surface area contributed by atoms with Crippen molar-refractivity contribution >= 4 is 22.4 Å². The van der Waals surface area contributed by atoms with Crippen molar-refractivity contribution < 1.29 is 9.53 Å². The minimum Gasteiger partial charge on any atom is -0.461 e. The maximum Gasteiger partial charge on any atom is 0.358 e. The Hall–Kier alpha value is -1.10. The maximum absolute atomic E-state index is 11.7. The second-order valence-electron chi connectivity index (χ2n) is 5.99. The van der Waals surface area contributed by atoms with E-state index < -0.39 is 0 Å². The topological polar surface area (TPSA) is 51.2 Å². The zero-order chi connectivity index (χ0) is 15.2. The van der Waals surface area contributed by atoms with Crippen LogP contribution < -0.4 is 5.32 Å². The van der Waals surface area contributed by atoms with Crippen molar-refractivity contribution in [3.63, 3.8) is 0 Å². The molecule has 0 radical (unpaired) electrons. The van der Waals surface area contributed by atoms with Gasteiger partial charge >= 0.3 is 5.97 Å². The summed E-state index contributed by atoms with van der Waals surface area (Å²) in [6.45, 7) is 7.40. The summed E-state index contributed by atoms with van der Waals surface area (Å²) in [4.78, 5) is 17.0. The fourth-order valence-corrected chi connectivity index (χ4v) is 3.69. The summed E-state index contributed by atoms with van der Waals surface area (Å²) < 4.78 is 5.01. The highest BCUT2D eigenvalue weighted by Gasteiger charge is 2.19. The molecule has 0 atom stereocenters. The molecule has 4 nitrogen and oxygen atoms in total. The first-order valence-electron chi connectivity index (χ1n) is 7.98. The van der Waals surface area contributed by atoms with Crippen LogP contribution in [0.5, 0.6) is 0 Å². The highest BCUT2D eigenvalue weighted by atomic mass is 32.1. The average Bonchev–Trinajstić information content (AvgIpc) is 2.82. The molecule has 5 heteroatoms. The molecule has 0 bridgehead atoms. The Labute approximate surface area is 131 Å². The molecule has 1 saturated carbocycles. The second kappa shape index (κ2) is 7.78. The van der Waals surface area contributed by atoms with E-state index >= 15 is 0 Å². The molecule has 0 saturated heterocycles. The van der Waals surface area contributed by atoms with Crippen LogP contribution in [0.15, 0.2) is 0 Å². The number of anilines is 1. The van der Waals surface area contributed by atoms with Gasteiger partial charge in [-0.2, -0.15) is 0 Å². The van der Waals surface area contributed by atoms with E-state index in [1.54, 1.807) is 0 Å². The summed E-state index contributed by atoms with van der Waals surface area (Å²) in [7, 11) is 0. The van der Waals surface area contributed by atoms with Crippen molar-refractivity contribution in [3.8, 4) is 0 Å². The molecule has 1 aromatic heterocycles. The third-order valence-electron chi connectivity index (χ3n) is 4.23. The van der Waals surface area contributed by atoms with Crippen LogP contribution >= 0.6 is 11.3 Å². The molecule has 1 aromatic rings. The van der Waals surface area contributed by atoms with Gasteiger partial charge in [-0.15, -0.1) is 11.3 Å². The Kier molecular flexibility index (Phi) is 6.03. The number of hydrogen-bond donors (Lipinski definition) is 1. The monoisotopic (exact) mass is 310 g/mol. The standard InChI is InChI=1S/C16H26N2O2S/c1-4-20-15(19)14-12(3)21-16(18-14)17-10-9-13-7-5-11(2)6-8-13/h11,13H,4-10H2,1-3H3,(H,17,18). The fraction of sp³-hybridized carbons (Fsp3) is 0.750. The molecule has 0 amide bonds. The predicted molar refractivity (Wildman–Crippen MR) is 87.0 cm³/mol. The summed E-state index contributed by atoms with van der Waals surface area (Å²) in [6.07, 6.45) is 6.64. The third kappa shape index (κ3) is 4.70. The van der Waals surface area contributed by atoms with E-state index in [2.05, 4.69) is 17.2 Å². The lowest BCUT2D eigenvalue weighted by molar-refractivity contribution is 0.0519. The highest BCUT2D eigenvalue weighted by Crippen LogP contribution is 2.30. The fourth-order valence-electron chi connectivity index (χ4n) is 2.86.